The Balaban J connectivity index is 2.34. The van der Waals surface area contributed by atoms with Gasteiger partial charge in [0.25, 0.3) is 0 Å². The summed E-state index contributed by atoms with van der Waals surface area (Å²) >= 11 is 4.90. The molecule has 0 unspecified atom stereocenters. The average Bonchev–Trinajstić information content (AvgIpc) is 2.62. The first-order valence-electron chi connectivity index (χ1n) is 4.53. The molecule has 0 aliphatic heterocycles. The molecule has 2 N–H and O–H groups in total. The summed E-state index contributed by atoms with van der Waals surface area (Å²) in [7, 11) is 0. The van der Waals surface area contributed by atoms with Crippen LogP contribution in [0, 0.1) is 0 Å². The summed E-state index contributed by atoms with van der Waals surface area (Å²) < 4.78 is 1.02. The average molecular weight is 290 g/mol. The maximum atomic E-state index is 11.2. The third kappa shape index (κ3) is 5.11. The lowest BCUT2D eigenvalue weighted by atomic mass is 10.4. The van der Waals surface area contributed by atoms with E-state index in [0.29, 0.717) is 13.0 Å². The third-order valence-corrected chi connectivity index (χ3v) is 3.28. The number of carbonyl (C=O) groups excluding carboxylic acids is 1. The summed E-state index contributed by atoms with van der Waals surface area (Å²) in [6.07, 6.45) is 3.85. The number of hydrogen-bond acceptors (Lipinski definition) is 3. The van der Waals surface area contributed by atoms with Crippen LogP contribution in [0.4, 0.5) is 0 Å². The topological polar surface area (TPSA) is 49.3 Å². The smallest absolute Gasteiger partial charge is 0.244 e. The van der Waals surface area contributed by atoms with Gasteiger partial charge in [0.2, 0.25) is 5.91 Å². The van der Waals surface area contributed by atoms with E-state index < -0.39 is 0 Å². The van der Waals surface area contributed by atoms with E-state index in [4.69, 9.17) is 5.11 Å². The Bertz CT molecular complexity index is 349. The van der Waals surface area contributed by atoms with Crippen molar-refractivity contribution in [3.05, 3.63) is 26.9 Å². The van der Waals surface area contributed by atoms with E-state index in [1.165, 1.54) is 6.08 Å². The van der Waals surface area contributed by atoms with E-state index in [0.717, 1.165) is 9.35 Å². The maximum Gasteiger partial charge on any atom is 0.244 e. The van der Waals surface area contributed by atoms with Crippen LogP contribution in [-0.4, -0.2) is 24.2 Å². The highest BCUT2D eigenvalue weighted by atomic mass is 79.9. The van der Waals surface area contributed by atoms with Crippen molar-refractivity contribution >= 4 is 39.2 Å². The van der Waals surface area contributed by atoms with Crippen LogP contribution in [0.2, 0.25) is 0 Å². The summed E-state index contributed by atoms with van der Waals surface area (Å²) in [5, 5.41) is 13.1. The molecule has 0 spiro atoms. The Morgan fingerprint density at radius 2 is 2.47 bits per heavy atom. The van der Waals surface area contributed by atoms with Gasteiger partial charge >= 0.3 is 0 Å². The van der Waals surface area contributed by atoms with Crippen LogP contribution in [0.5, 0.6) is 0 Å². The quantitative estimate of drug-likeness (QED) is 0.644. The lowest BCUT2D eigenvalue weighted by Gasteiger charge is -1.98. The first-order valence-corrected chi connectivity index (χ1v) is 6.20. The lowest BCUT2D eigenvalue weighted by Crippen LogP contribution is -2.22. The van der Waals surface area contributed by atoms with Crippen LogP contribution in [0.25, 0.3) is 6.08 Å². The molecular formula is C10H12BrNO2S. The van der Waals surface area contributed by atoms with Crippen molar-refractivity contribution in [1.29, 1.82) is 0 Å². The van der Waals surface area contributed by atoms with Gasteiger partial charge in [0.1, 0.15) is 0 Å². The molecule has 1 aromatic rings. The zero-order chi connectivity index (χ0) is 11.1. The summed E-state index contributed by atoms with van der Waals surface area (Å²) in [5.74, 6) is -0.132. The maximum absolute atomic E-state index is 11.2. The van der Waals surface area contributed by atoms with Crippen molar-refractivity contribution in [2.45, 2.75) is 6.42 Å². The van der Waals surface area contributed by atoms with Gasteiger partial charge in [-0.25, -0.2) is 0 Å². The predicted molar refractivity (Wildman–Crippen MR) is 65.8 cm³/mol. The number of nitrogens with one attached hydrogen (secondary N) is 1. The molecule has 0 bridgehead atoms. The van der Waals surface area contributed by atoms with Gasteiger partial charge in [-0.2, -0.15) is 0 Å². The Kier molecular flexibility index (Phi) is 5.60. The van der Waals surface area contributed by atoms with Crippen LogP contribution >= 0.6 is 27.3 Å². The number of aliphatic hydroxyl groups excluding tert-OH is 1. The molecule has 0 atom stereocenters. The molecular weight excluding hydrogens is 278 g/mol. The van der Waals surface area contributed by atoms with Gasteiger partial charge in [-0.15, -0.1) is 11.3 Å². The van der Waals surface area contributed by atoms with E-state index >= 15 is 0 Å². The van der Waals surface area contributed by atoms with Crippen molar-refractivity contribution in [2.24, 2.45) is 0 Å². The number of halogens is 1. The SMILES string of the molecule is O=C(/C=C/c1cc(Br)cs1)NCCCO. The Morgan fingerprint density at radius 1 is 1.67 bits per heavy atom. The molecule has 0 fully saturated rings. The number of rotatable bonds is 5. The Morgan fingerprint density at radius 3 is 3.07 bits per heavy atom. The van der Waals surface area contributed by atoms with E-state index in [9.17, 15) is 4.79 Å². The first-order chi connectivity index (χ1) is 7.22. The zero-order valence-corrected chi connectivity index (χ0v) is 10.5. The molecule has 0 radical (unpaired) electrons. The van der Waals surface area contributed by atoms with E-state index in [1.54, 1.807) is 17.4 Å². The normalized spacial score (nSPS) is 10.8. The molecule has 0 saturated heterocycles. The number of hydrogen-bond donors (Lipinski definition) is 2. The van der Waals surface area contributed by atoms with Gasteiger partial charge in [-0.1, -0.05) is 0 Å². The highest BCUT2D eigenvalue weighted by Crippen LogP contribution is 2.20. The number of carbonyl (C=O) groups is 1. The summed E-state index contributed by atoms with van der Waals surface area (Å²) in [5.41, 5.74) is 0. The minimum absolute atomic E-state index is 0.0991. The van der Waals surface area contributed by atoms with Crippen LogP contribution in [0.3, 0.4) is 0 Å². The second kappa shape index (κ2) is 6.76. The molecule has 0 saturated carbocycles. The van der Waals surface area contributed by atoms with E-state index in [2.05, 4.69) is 21.2 Å². The van der Waals surface area contributed by atoms with Gasteiger partial charge in [0, 0.05) is 34.0 Å². The zero-order valence-electron chi connectivity index (χ0n) is 8.07. The first kappa shape index (κ1) is 12.4. The van der Waals surface area contributed by atoms with E-state index in [1.807, 2.05) is 11.4 Å². The van der Waals surface area contributed by atoms with Crippen molar-refractivity contribution < 1.29 is 9.90 Å². The monoisotopic (exact) mass is 289 g/mol. The molecule has 0 aliphatic carbocycles. The molecule has 3 nitrogen and oxygen atoms in total. The largest absolute Gasteiger partial charge is 0.396 e. The Hall–Kier alpha value is -0.650. The lowest BCUT2D eigenvalue weighted by molar-refractivity contribution is -0.116. The standard InChI is InChI=1S/C10H12BrNO2S/c11-8-6-9(15-7-8)2-3-10(14)12-4-1-5-13/h2-3,6-7,13H,1,4-5H2,(H,12,14)/b3-2+. The fourth-order valence-electron chi connectivity index (χ4n) is 0.923. The van der Waals surface area contributed by atoms with Gasteiger partial charge in [0.15, 0.2) is 0 Å². The fraction of sp³-hybridized carbons (Fsp3) is 0.300. The minimum atomic E-state index is -0.132. The van der Waals surface area contributed by atoms with Gasteiger partial charge < -0.3 is 10.4 Å². The molecule has 1 amide bonds. The van der Waals surface area contributed by atoms with Gasteiger partial charge in [-0.3, -0.25) is 4.79 Å². The summed E-state index contributed by atoms with van der Waals surface area (Å²) in [4.78, 5) is 12.2. The number of thiophene rings is 1. The van der Waals surface area contributed by atoms with Crippen molar-refractivity contribution in [2.75, 3.05) is 13.2 Å². The number of aliphatic hydroxyl groups is 1. The molecule has 82 valence electrons. The molecule has 15 heavy (non-hydrogen) atoms. The van der Waals surface area contributed by atoms with Crippen molar-refractivity contribution in [3.63, 3.8) is 0 Å². The van der Waals surface area contributed by atoms with Crippen LogP contribution in [0.1, 0.15) is 11.3 Å². The molecule has 1 aromatic heterocycles. The van der Waals surface area contributed by atoms with Crippen LogP contribution in [-0.2, 0) is 4.79 Å². The van der Waals surface area contributed by atoms with Gasteiger partial charge in [0.05, 0.1) is 0 Å². The molecule has 0 aliphatic rings. The predicted octanol–water partition coefficient (Wildman–Crippen LogP) is 2.02. The van der Waals surface area contributed by atoms with Crippen LogP contribution < -0.4 is 5.32 Å². The highest BCUT2D eigenvalue weighted by molar-refractivity contribution is 9.10. The van der Waals surface area contributed by atoms with Gasteiger partial charge in [-0.05, 0) is 34.5 Å². The van der Waals surface area contributed by atoms with Crippen LogP contribution in [0.15, 0.2) is 22.0 Å². The van der Waals surface area contributed by atoms with Crippen molar-refractivity contribution in [3.8, 4) is 0 Å². The summed E-state index contributed by atoms with van der Waals surface area (Å²) in [6, 6.07) is 1.95. The summed E-state index contributed by atoms with van der Waals surface area (Å²) in [6.45, 7) is 0.607. The fourth-order valence-corrected chi connectivity index (χ4v) is 2.26. The molecule has 5 heteroatoms. The third-order valence-electron chi connectivity index (χ3n) is 1.62. The molecule has 0 aromatic carbocycles. The molecule has 1 rings (SSSR count). The van der Waals surface area contributed by atoms with E-state index in [-0.39, 0.29) is 12.5 Å². The second-order valence-corrected chi connectivity index (χ2v) is 4.73. The van der Waals surface area contributed by atoms with Crippen molar-refractivity contribution in [1.82, 2.24) is 5.32 Å². The highest BCUT2D eigenvalue weighted by Gasteiger charge is 1.96. The number of amides is 1. The Labute approximate surface area is 101 Å². The second-order valence-electron chi connectivity index (χ2n) is 2.87. The molecule has 1 heterocycles. The minimum Gasteiger partial charge on any atom is -0.396 e.